The van der Waals surface area contributed by atoms with Crippen molar-refractivity contribution in [3.63, 3.8) is 0 Å². The van der Waals surface area contributed by atoms with Gasteiger partial charge in [0.25, 0.3) is 0 Å². The first-order valence-corrected chi connectivity index (χ1v) is 5.89. The van der Waals surface area contributed by atoms with Gasteiger partial charge in [0.05, 0.1) is 19.1 Å². The molecular weight excluding hydrogens is 235 g/mol. The summed E-state index contributed by atoms with van der Waals surface area (Å²) in [6.45, 7) is 1.04. The summed E-state index contributed by atoms with van der Waals surface area (Å²) in [7, 11) is 0. The molecule has 3 nitrogen and oxygen atoms in total. The van der Waals surface area contributed by atoms with Crippen LogP contribution < -0.4 is 5.32 Å². The topological polar surface area (TPSA) is 38.3 Å². The van der Waals surface area contributed by atoms with Crippen LogP contribution in [-0.4, -0.2) is 31.3 Å². The molecule has 2 unspecified atom stereocenters. The molecule has 0 heterocycles. The fourth-order valence-electron chi connectivity index (χ4n) is 2.11. The van der Waals surface area contributed by atoms with Gasteiger partial charge < -0.3 is 10.1 Å². The number of carbonyl (C=O) groups is 1. The molecule has 0 saturated heterocycles. The Hall–Kier alpha value is -0.780. The van der Waals surface area contributed by atoms with Crippen molar-refractivity contribution in [1.82, 2.24) is 5.32 Å². The second-order valence-electron chi connectivity index (χ2n) is 4.31. The van der Waals surface area contributed by atoms with Crippen molar-refractivity contribution in [3.8, 4) is 0 Å². The summed E-state index contributed by atoms with van der Waals surface area (Å²) >= 11 is 0. The van der Waals surface area contributed by atoms with Crippen LogP contribution in [0, 0.1) is 5.92 Å². The van der Waals surface area contributed by atoms with E-state index in [2.05, 4.69) is 5.32 Å². The van der Waals surface area contributed by atoms with Crippen LogP contribution in [0.5, 0.6) is 0 Å². The van der Waals surface area contributed by atoms with Crippen LogP contribution in [-0.2, 0) is 9.53 Å². The monoisotopic (exact) mass is 253 g/mol. The van der Waals surface area contributed by atoms with Crippen molar-refractivity contribution < 1.29 is 22.7 Å². The first kappa shape index (κ1) is 14.3. The zero-order valence-electron chi connectivity index (χ0n) is 9.85. The molecule has 0 aromatic rings. The van der Waals surface area contributed by atoms with Crippen LogP contribution in [0.25, 0.3) is 0 Å². The summed E-state index contributed by atoms with van der Waals surface area (Å²) in [5.41, 5.74) is 0. The Morgan fingerprint density at radius 1 is 1.41 bits per heavy atom. The van der Waals surface area contributed by atoms with E-state index in [1.54, 1.807) is 6.92 Å². The van der Waals surface area contributed by atoms with Crippen LogP contribution >= 0.6 is 0 Å². The molecule has 1 N–H and O–H groups in total. The summed E-state index contributed by atoms with van der Waals surface area (Å²) in [5, 5.41) is 2.46. The maximum absolute atomic E-state index is 12.0. The first-order valence-electron chi connectivity index (χ1n) is 5.89. The predicted octanol–water partition coefficient (Wildman–Crippen LogP) is 2.26. The number of nitrogens with one attached hydrogen (secondary N) is 1. The minimum Gasteiger partial charge on any atom is -0.466 e. The molecule has 1 aliphatic carbocycles. The van der Waals surface area contributed by atoms with Gasteiger partial charge in [-0.25, -0.2) is 0 Å². The van der Waals surface area contributed by atoms with E-state index in [-0.39, 0.29) is 17.9 Å². The number of alkyl halides is 3. The fraction of sp³-hybridized carbons (Fsp3) is 0.909. The molecule has 0 spiro atoms. The SMILES string of the molecule is CCOC(=O)C1CCCC(NCC(F)(F)F)C1. The van der Waals surface area contributed by atoms with Gasteiger partial charge in [-0.2, -0.15) is 13.2 Å². The average Bonchev–Trinajstić information content (AvgIpc) is 2.26. The van der Waals surface area contributed by atoms with Gasteiger partial charge in [-0.3, -0.25) is 4.79 Å². The van der Waals surface area contributed by atoms with Crippen LogP contribution in [0.1, 0.15) is 32.6 Å². The quantitative estimate of drug-likeness (QED) is 0.781. The van der Waals surface area contributed by atoms with Crippen molar-refractivity contribution in [2.75, 3.05) is 13.2 Å². The maximum Gasteiger partial charge on any atom is 0.401 e. The molecule has 1 rings (SSSR count). The molecule has 2 atom stereocenters. The highest BCUT2D eigenvalue weighted by atomic mass is 19.4. The summed E-state index contributed by atoms with van der Waals surface area (Å²) in [5.74, 6) is -0.541. The smallest absolute Gasteiger partial charge is 0.401 e. The van der Waals surface area contributed by atoms with Gasteiger partial charge in [0.1, 0.15) is 0 Å². The summed E-state index contributed by atoms with van der Waals surface area (Å²) in [6.07, 6.45) is -1.60. The van der Waals surface area contributed by atoms with Gasteiger partial charge >= 0.3 is 12.1 Å². The first-order chi connectivity index (χ1) is 7.92. The molecule has 100 valence electrons. The molecule has 0 aromatic heterocycles. The van der Waals surface area contributed by atoms with Crippen molar-refractivity contribution in [3.05, 3.63) is 0 Å². The predicted molar refractivity (Wildman–Crippen MR) is 56.4 cm³/mol. The molecule has 0 radical (unpaired) electrons. The minimum atomic E-state index is -4.20. The van der Waals surface area contributed by atoms with Gasteiger partial charge in [0.15, 0.2) is 0 Å². The lowest BCUT2D eigenvalue weighted by Crippen LogP contribution is -2.41. The number of ether oxygens (including phenoxy) is 1. The van der Waals surface area contributed by atoms with Gasteiger partial charge in [-0.1, -0.05) is 6.42 Å². The van der Waals surface area contributed by atoms with Gasteiger partial charge in [-0.15, -0.1) is 0 Å². The van der Waals surface area contributed by atoms with Gasteiger partial charge in [0.2, 0.25) is 0 Å². The normalized spacial score (nSPS) is 25.6. The number of rotatable bonds is 4. The standard InChI is InChI=1S/C11H18F3NO2/c1-2-17-10(16)8-4-3-5-9(6-8)15-7-11(12,13)14/h8-9,15H,2-7H2,1H3. The van der Waals surface area contributed by atoms with Crippen LogP contribution in [0.3, 0.4) is 0 Å². The van der Waals surface area contributed by atoms with E-state index in [0.717, 1.165) is 6.42 Å². The third-order valence-electron chi connectivity index (χ3n) is 2.89. The molecule has 6 heteroatoms. The van der Waals surface area contributed by atoms with E-state index in [9.17, 15) is 18.0 Å². The highest BCUT2D eigenvalue weighted by molar-refractivity contribution is 5.72. The van der Waals surface area contributed by atoms with Crippen LogP contribution in [0.2, 0.25) is 0 Å². The van der Waals surface area contributed by atoms with Crippen molar-refractivity contribution in [2.24, 2.45) is 5.92 Å². The number of hydrogen-bond acceptors (Lipinski definition) is 3. The van der Waals surface area contributed by atoms with E-state index in [0.29, 0.717) is 25.9 Å². The number of halogens is 3. The minimum absolute atomic E-state index is 0.236. The highest BCUT2D eigenvalue weighted by Crippen LogP contribution is 2.26. The Morgan fingerprint density at radius 2 is 2.12 bits per heavy atom. The lowest BCUT2D eigenvalue weighted by molar-refractivity contribution is -0.149. The highest BCUT2D eigenvalue weighted by Gasteiger charge is 2.32. The Morgan fingerprint density at radius 3 is 2.71 bits per heavy atom. The molecule has 0 aromatic carbocycles. The molecule has 1 aliphatic rings. The lowest BCUT2D eigenvalue weighted by atomic mass is 9.86. The number of carbonyl (C=O) groups excluding carboxylic acids is 1. The third kappa shape index (κ3) is 5.39. The molecular formula is C11H18F3NO2. The third-order valence-corrected chi connectivity index (χ3v) is 2.89. The van der Waals surface area contributed by atoms with Crippen LogP contribution in [0.4, 0.5) is 13.2 Å². The molecule has 0 bridgehead atoms. The van der Waals surface area contributed by atoms with Crippen molar-refractivity contribution >= 4 is 5.97 Å². The summed E-state index contributed by atoms with van der Waals surface area (Å²) in [6, 6.07) is -0.236. The Bertz CT molecular complexity index is 256. The Balaban J connectivity index is 2.36. The number of esters is 1. The van der Waals surface area contributed by atoms with Crippen LogP contribution in [0.15, 0.2) is 0 Å². The molecule has 0 aliphatic heterocycles. The van der Waals surface area contributed by atoms with Crippen molar-refractivity contribution in [2.45, 2.75) is 44.8 Å². The van der Waals surface area contributed by atoms with E-state index < -0.39 is 12.7 Å². The van der Waals surface area contributed by atoms with E-state index in [1.807, 2.05) is 0 Å². The molecule has 0 amide bonds. The Labute approximate surface area is 98.7 Å². The van der Waals surface area contributed by atoms with Gasteiger partial charge in [0, 0.05) is 6.04 Å². The second kappa shape index (κ2) is 6.23. The summed E-state index contributed by atoms with van der Waals surface area (Å²) in [4.78, 5) is 11.5. The average molecular weight is 253 g/mol. The van der Waals surface area contributed by atoms with Crippen molar-refractivity contribution in [1.29, 1.82) is 0 Å². The van der Waals surface area contributed by atoms with E-state index in [4.69, 9.17) is 4.74 Å². The summed E-state index contributed by atoms with van der Waals surface area (Å²) < 4.78 is 41.0. The molecule has 17 heavy (non-hydrogen) atoms. The number of hydrogen-bond donors (Lipinski definition) is 1. The lowest BCUT2D eigenvalue weighted by Gasteiger charge is -2.28. The van der Waals surface area contributed by atoms with E-state index in [1.165, 1.54) is 0 Å². The fourth-order valence-corrected chi connectivity index (χ4v) is 2.11. The zero-order valence-corrected chi connectivity index (χ0v) is 9.85. The zero-order chi connectivity index (χ0) is 12.9. The second-order valence-corrected chi connectivity index (χ2v) is 4.31. The maximum atomic E-state index is 12.0. The molecule has 1 saturated carbocycles. The molecule has 1 fully saturated rings. The van der Waals surface area contributed by atoms with E-state index >= 15 is 0 Å². The Kier molecular flexibility index (Phi) is 5.24. The van der Waals surface area contributed by atoms with Gasteiger partial charge in [-0.05, 0) is 26.2 Å². The largest absolute Gasteiger partial charge is 0.466 e.